The molecule has 0 bridgehead atoms. The quantitative estimate of drug-likeness (QED) is 0.478. The summed E-state index contributed by atoms with van der Waals surface area (Å²) < 4.78 is 5.10. The molecule has 0 saturated carbocycles. The largest absolute Gasteiger partial charge is 0.462 e. The van der Waals surface area contributed by atoms with Crippen LogP contribution in [0.1, 0.15) is 15.9 Å². The van der Waals surface area contributed by atoms with E-state index in [1.54, 1.807) is 11.3 Å². The molecule has 5 nitrogen and oxygen atoms in total. The monoisotopic (exact) mass is 277 g/mol. The lowest BCUT2D eigenvalue weighted by molar-refractivity contribution is -0.384. The molecule has 19 heavy (non-hydrogen) atoms. The van der Waals surface area contributed by atoms with Crippen molar-refractivity contribution < 1.29 is 14.5 Å². The molecule has 1 heterocycles. The Morgan fingerprint density at radius 1 is 1.26 bits per heavy atom. The number of hydrogen-bond acceptors (Lipinski definition) is 5. The maximum absolute atomic E-state index is 11.7. The fourth-order valence-electron chi connectivity index (χ4n) is 1.50. The van der Waals surface area contributed by atoms with Crippen LogP contribution < -0.4 is 0 Å². The van der Waals surface area contributed by atoms with Gasteiger partial charge in [0.15, 0.2) is 0 Å². The van der Waals surface area contributed by atoms with Crippen molar-refractivity contribution in [2.75, 3.05) is 6.61 Å². The van der Waals surface area contributed by atoms with E-state index in [0.717, 1.165) is 5.56 Å². The van der Waals surface area contributed by atoms with E-state index in [0.29, 0.717) is 18.6 Å². The fourth-order valence-corrected chi connectivity index (χ4v) is 2.20. The first kappa shape index (κ1) is 13.2. The van der Waals surface area contributed by atoms with E-state index < -0.39 is 10.9 Å². The number of nitro groups is 1. The average molecular weight is 277 g/mol. The minimum Gasteiger partial charge on any atom is -0.462 e. The van der Waals surface area contributed by atoms with Crippen LogP contribution in [-0.2, 0) is 11.2 Å². The van der Waals surface area contributed by atoms with Crippen molar-refractivity contribution in [3.63, 3.8) is 0 Å². The third kappa shape index (κ3) is 3.62. The molecule has 0 fully saturated rings. The molecule has 98 valence electrons. The maximum atomic E-state index is 11.7. The Labute approximate surface area is 113 Å². The first-order chi connectivity index (χ1) is 9.16. The number of benzene rings is 1. The molecular formula is C13H11NO4S. The zero-order valence-electron chi connectivity index (χ0n) is 9.94. The van der Waals surface area contributed by atoms with Gasteiger partial charge < -0.3 is 4.74 Å². The lowest BCUT2D eigenvalue weighted by atomic mass is 10.2. The normalized spacial score (nSPS) is 10.1. The van der Waals surface area contributed by atoms with Crippen LogP contribution in [0.3, 0.4) is 0 Å². The number of carbonyl (C=O) groups excluding carboxylic acids is 1. The number of thiophene rings is 1. The predicted molar refractivity (Wildman–Crippen MR) is 71.4 cm³/mol. The third-order valence-electron chi connectivity index (χ3n) is 2.52. The van der Waals surface area contributed by atoms with Gasteiger partial charge >= 0.3 is 5.97 Å². The number of non-ortho nitro benzene ring substituents is 1. The lowest BCUT2D eigenvalue weighted by Gasteiger charge is -2.03. The number of ether oxygens (including phenoxy) is 1. The minimum atomic E-state index is -0.508. The highest BCUT2D eigenvalue weighted by atomic mass is 32.1. The van der Waals surface area contributed by atoms with Crippen LogP contribution in [0, 0.1) is 10.1 Å². The van der Waals surface area contributed by atoms with E-state index in [1.807, 2.05) is 16.8 Å². The Morgan fingerprint density at radius 3 is 2.58 bits per heavy atom. The molecule has 0 saturated heterocycles. The third-order valence-corrected chi connectivity index (χ3v) is 3.25. The van der Waals surface area contributed by atoms with Gasteiger partial charge in [-0.15, -0.1) is 0 Å². The van der Waals surface area contributed by atoms with Gasteiger partial charge in [-0.2, -0.15) is 11.3 Å². The molecule has 0 amide bonds. The summed E-state index contributed by atoms with van der Waals surface area (Å²) in [7, 11) is 0. The minimum absolute atomic E-state index is 0.0465. The van der Waals surface area contributed by atoms with Crippen molar-refractivity contribution in [3.8, 4) is 0 Å². The summed E-state index contributed by atoms with van der Waals surface area (Å²) in [5.41, 5.74) is 1.40. The van der Waals surface area contributed by atoms with Crippen molar-refractivity contribution in [1.82, 2.24) is 0 Å². The van der Waals surface area contributed by atoms with Gasteiger partial charge in [0.05, 0.1) is 17.1 Å². The Kier molecular flexibility index (Phi) is 4.25. The van der Waals surface area contributed by atoms with Crippen molar-refractivity contribution in [3.05, 3.63) is 62.3 Å². The smallest absolute Gasteiger partial charge is 0.338 e. The fraction of sp³-hybridized carbons (Fsp3) is 0.154. The highest BCUT2D eigenvalue weighted by Gasteiger charge is 2.10. The Bertz CT molecular complexity index is 563. The second-order valence-corrected chi connectivity index (χ2v) is 4.60. The summed E-state index contributed by atoms with van der Waals surface area (Å²) >= 11 is 1.59. The number of nitrogens with zero attached hydrogens (tertiary/aromatic N) is 1. The van der Waals surface area contributed by atoms with Crippen LogP contribution in [0.4, 0.5) is 5.69 Å². The molecule has 1 aromatic carbocycles. The van der Waals surface area contributed by atoms with Gasteiger partial charge in [-0.1, -0.05) is 0 Å². The zero-order chi connectivity index (χ0) is 13.7. The highest BCUT2D eigenvalue weighted by molar-refractivity contribution is 7.07. The van der Waals surface area contributed by atoms with Gasteiger partial charge in [-0.25, -0.2) is 4.79 Å². The summed E-state index contributed by atoms with van der Waals surface area (Å²) in [6, 6.07) is 7.34. The van der Waals surface area contributed by atoms with Crippen LogP contribution in [0.5, 0.6) is 0 Å². The summed E-state index contributed by atoms with van der Waals surface area (Å²) in [6.07, 6.45) is 0.669. The molecule has 0 aliphatic heterocycles. The first-order valence-corrected chi connectivity index (χ1v) is 6.54. The molecule has 0 unspecified atom stereocenters. The van der Waals surface area contributed by atoms with Gasteiger partial charge in [0, 0.05) is 18.6 Å². The SMILES string of the molecule is O=C(OCCc1ccsc1)c1ccc([N+](=O)[O-])cc1. The second-order valence-electron chi connectivity index (χ2n) is 3.82. The van der Waals surface area contributed by atoms with Crippen molar-refractivity contribution in [1.29, 1.82) is 0 Å². The van der Waals surface area contributed by atoms with Crippen molar-refractivity contribution in [2.24, 2.45) is 0 Å². The molecule has 2 rings (SSSR count). The van der Waals surface area contributed by atoms with Crippen LogP contribution >= 0.6 is 11.3 Å². The van der Waals surface area contributed by atoms with E-state index >= 15 is 0 Å². The number of carbonyl (C=O) groups is 1. The zero-order valence-corrected chi connectivity index (χ0v) is 10.8. The van der Waals surface area contributed by atoms with Gasteiger partial charge in [-0.3, -0.25) is 10.1 Å². The van der Waals surface area contributed by atoms with Crippen molar-refractivity contribution in [2.45, 2.75) is 6.42 Å². The maximum Gasteiger partial charge on any atom is 0.338 e. The molecule has 0 atom stereocenters. The van der Waals surface area contributed by atoms with Crippen molar-refractivity contribution >= 4 is 23.0 Å². The summed E-state index contributed by atoms with van der Waals surface area (Å²) in [4.78, 5) is 21.6. The van der Waals surface area contributed by atoms with E-state index in [9.17, 15) is 14.9 Å². The van der Waals surface area contributed by atoms with Crippen LogP contribution in [-0.4, -0.2) is 17.5 Å². The molecule has 0 aliphatic rings. The molecule has 0 spiro atoms. The highest BCUT2D eigenvalue weighted by Crippen LogP contribution is 2.13. The Balaban J connectivity index is 1.87. The van der Waals surface area contributed by atoms with Gasteiger partial charge in [0.1, 0.15) is 0 Å². The van der Waals surface area contributed by atoms with Gasteiger partial charge in [0.2, 0.25) is 0 Å². The summed E-state index contributed by atoms with van der Waals surface area (Å²) in [6.45, 7) is 0.298. The Hall–Kier alpha value is -2.21. The van der Waals surface area contributed by atoms with E-state index in [2.05, 4.69) is 0 Å². The Morgan fingerprint density at radius 2 is 2.00 bits per heavy atom. The summed E-state index contributed by atoms with van der Waals surface area (Å²) in [5, 5.41) is 14.4. The van der Waals surface area contributed by atoms with Gasteiger partial charge in [-0.05, 0) is 34.5 Å². The number of esters is 1. The molecule has 1 aromatic heterocycles. The van der Waals surface area contributed by atoms with E-state index in [1.165, 1.54) is 24.3 Å². The lowest BCUT2D eigenvalue weighted by Crippen LogP contribution is -2.07. The molecule has 0 radical (unpaired) electrons. The van der Waals surface area contributed by atoms with E-state index in [4.69, 9.17) is 4.74 Å². The summed E-state index contributed by atoms with van der Waals surface area (Å²) in [5.74, 6) is -0.467. The van der Waals surface area contributed by atoms with Crippen LogP contribution in [0.15, 0.2) is 41.1 Å². The topological polar surface area (TPSA) is 69.4 Å². The standard InChI is InChI=1S/C13H11NO4S/c15-13(18-7-5-10-6-8-19-9-10)11-1-3-12(4-2-11)14(16)17/h1-4,6,8-9H,5,7H2. The molecule has 2 aromatic rings. The molecule has 6 heteroatoms. The number of hydrogen-bond donors (Lipinski definition) is 0. The van der Waals surface area contributed by atoms with Gasteiger partial charge in [0.25, 0.3) is 5.69 Å². The molecular weight excluding hydrogens is 266 g/mol. The average Bonchev–Trinajstić information content (AvgIpc) is 2.92. The number of nitro benzene ring substituents is 1. The van der Waals surface area contributed by atoms with Crippen LogP contribution in [0.2, 0.25) is 0 Å². The van der Waals surface area contributed by atoms with E-state index in [-0.39, 0.29) is 5.69 Å². The van der Waals surface area contributed by atoms with Crippen LogP contribution in [0.25, 0.3) is 0 Å². The molecule has 0 N–H and O–H groups in total. The number of rotatable bonds is 5. The predicted octanol–water partition coefficient (Wildman–Crippen LogP) is 3.06. The second kappa shape index (κ2) is 6.10. The molecule has 0 aliphatic carbocycles. The first-order valence-electron chi connectivity index (χ1n) is 5.59.